The maximum absolute atomic E-state index is 13.8. The topological polar surface area (TPSA) is 108 Å². The third kappa shape index (κ3) is 5.32. The van der Waals surface area contributed by atoms with Crippen LogP contribution in [0.2, 0.25) is 0 Å². The van der Waals surface area contributed by atoms with Crippen LogP contribution in [0.25, 0.3) is 11.0 Å². The molecule has 0 bridgehead atoms. The highest BCUT2D eigenvalue weighted by atomic mass is 32.2. The van der Waals surface area contributed by atoms with Gasteiger partial charge in [-0.2, -0.15) is 17.9 Å². The van der Waals surface area contributed by atoms with E-state index in [0.717, 1.165) is 12.3 Å². The number of hydrogen-bond donors (Lipinski definition) is 1. The van der Waals surface area contributed by atoms with E-state index in [0.29, 0.717) is 0 Å². The lowest BCUT2D eigenvalue weighted by Gasteiger charge is -2.22. The van der Waals surface area contributed by atoms with Crippen LogP contribution in [0.3, 0.4) is 0 Å². The second-order valence-electron chi connectivity index (χ2n) is 6.76. The standard InChI is InChI=1S/C19H19F3N4O4S/c1-3-10-31(28,29)25-17-18(24-15-7-5-4-6-14(15)23-17)30-16(19(20,21)22)13-9-8-12(2)26(27)11-13/h4-9,11,16H,3,10H2,1-2H3,(H,23,25). The van der Waals surface area contributed by atoms with E-state index in [-0.39, 0.29) is 33.6 Å². The number of hydrogen-bond acceptors (Lipinski definition) is 6. The number of rotatable bonds is 7. The minimum Gasteiger partial charge on any atom is -0.618 e. The second-order valence-corrected chi connectivity index (χ2v) is 8.60. The number of halogens is 3. The van der Waals surface area contributed by atoms with Crippen LogP contribution in [-0.2, 0) is 10.0 Å². The van der Waals surface area contributed by atoms with Crippen LogP contribution in [-0.4, -0.2) is 30.3 Å². The molecule has 0 amide bonds. The first-order valence-corrected chi connectivity index (χ1v) is 10.9. The van der Waals surface area contributed by atoms with Crippen LogP contribution >= 0.6 is 0 Å². The lowest BCUT2D eigenvalue weighted by atomic mass is 10.1. The van der Waals surface area contributed by atoms with Crippen molar-refractivity contribution in [2.45, 2.75) is 32.5 Å². The summed E-state index contributed by atoms with van der Waals surface area (Å²) in [6.45, 7) is 3.08. The molecule has 0 saturated heterocycles. The summed E-state index contributed by atoms with van der Waals surface area (Å²) in [6, 6.07) is 8.59. The second kappa shape index (κ2) is 8.53. The van der Waals surface area contributed by atoms with Gasteiger partial charge in [0.25, 0.3) is 5.88 Å². The van der Waals surface area contributed by atoms with Gasteiger partial charge >= 0.3 is 6.18 Å². The van der Waals surface area contributed by atoms with Gasteiger partial charge in [-0.1, -0.05) is 19.1 Å². The van der Waals surface area contributed by atoms with Gasteiger partial charge in [0.2, 0.25) is 21.9 Å². The maximum atomic E-state index is 13.8. The van der Waals surface area contributed by atoms with Gasteiger partial charge < -0.3 is 9.94 Å². The van der Waals surface area contributed by atoms with Gasteiger partial charge in [0.05, 0.1) is 22.3 Å². The van der Waals surface area contributed by atoms with E-state index in [2.05, 4.69) is 14.7 Å². The largest absolute Gasteiger partial charge is 0.618 e. The first-order chi connectivity index (χ1) is 14.5. The number of nitrogens with one attached hydrogen (secondary N) is 1. The van der Waals surface area contributed by atoms with E-state index in [9.17, 15) is 26.8 Å². The van der Waals surface area contributed by atoms with Crippen LogP contribution in [0.4, 0.5) is 19.0 Å². The molecule has 8 nitrogen and oxygen atoms in total. The van der Waals surface area contributed by atoms with Gasteiger partial charge in [0.1, 0.15) is 0 Å². The van der Waals surface area contributed by atoms with E-state index in [1.807, 2.05) is 0 Å². The molecule has 1 N–H and O–H groups in total. The number of nitrogens with zero attached hydrogens (tertiary/aromatic N) is 3. The van der Waals surface area contributed by atoms with Gasteiger partial charge in [-0.3, -0.25) is 4.72 Å². The molecule has 0 aliphatic heterocycles. The third-order valence-electron chi connectivity index (χ3n) is 4.22. The summed E-state index contributed by atoms with van der Waals surface area (Å²) < 4.78 is 73.4. The maximum Gasteiger partial charge on any atom is 0.430 e. The number of benzene rings is 1. The molecule has 0 aliphatic rings. The molecule has 2 aromatic heterocycles. The molecule has 0 spiro atoms. The lowest BCUT2D eigenvalue weighted by molar-refractivity contribution is -0.613. The van der Waals surface area contributed by atoms with Crippen molar-refractivity contribution >= 4 is 26.9 Å². The summed E-state index contributed by atoms with van der Waals surface area (Å²) in [7, 11) is -3.89. The molecule has 0 radical (unpaired) electrons. The summed E-state index contributed by atoms with van der Waals surface area (Å²) in [5.74, 6) is -1.39. The number of aryl methyl sites for hydroxylation is 1. The quantitative estimate of drug-likeness (QED) is 0.431. The molecule has 0 saturated carbocycles. The van der Waals surface area contributed by atoms with Crippen molar-refractivity contribution in [2.75, 3.05) is 10.5 Å². The van der Waals surface area contributed by atoms with Gasteiger partial charge in [0.15, 0.2) is 11.9 Å². The monoisotopic (exact) mass is 456 g/mol. The Labute approximate surface area is 176 Å². The number of para-hydroxylation sites is 2. The van der Waals surface area contributed by atoms with Crippen LogP contribution in [0.1, 0.15) is 30.7 Å². The smallest absolute Gasteiger partial charge is 0.430 e. The lowest BCUT2D eigenvalue weighted by Crippen LogP contribution is -2.34. The number of ether oxygens (including phenoxy) is 1. The third-order valence-corrected chi connectivity index (χ3v) is 5.67. The summed E-state index contributed by atoms with van der Waals surface area (Å²) >= 11 is 0. The summed E-state index contributed by atoms with van der Waals surface area (Å²) in [5.41, 5.74) is 0.202. The number of sulfonamides is 1. The molecule has 31 heavy (non-hydrogen) atoms. The molecule has 3 aromatic rings. The fraction of sp³-hybridized carbons (Fsp3) is 0.316. The Bertz CT molecular complexity index is 1200. The highest BCUT2D eigenvalue weighted by Crippen LogP contribution is 2.38. The van der Waals surface area contributed by atoms with Crippen LogP contribution < -0.4 is 14.2 Å². The van der Waals surface area contributed by atoms with Crippen LogP contribution in [0, 0.1) is 12.1 Å². The van der Waals surface area contributed by atoms with Crippen molar-refractivity contribution in [3.8, 4) is 5.88 Å². The molecule has 1 atom stereocenters. The molecular formula is C19H19F3N4O4S. The first-order valence-electron chi connectivity index (χ1n) is 9.20. The van der Waals surface area contributed by atoms with E-state index in [1.165, 1.54) is 25.1 Å². The Morgan fingerprint density at radius 2 is 1.81 bits per heavy atom. The van der Waals surface area contributed by atoms with Crippen molar-refractivity contribution in [3.63, 3.8) is 0 Å². The fourth-order valence-corrected chi connectivity index (χ4v) is 3.83. The van der Waals surface area contributed by atoms with Gasteiger partial charge in [-0.05, 0) is 24.6 Å². The number of pyridine rings is 1. The van der Waals surface area contributed by atoms with Crippen LogP contribution in [0.5, 0.6) is 5.88 Å². The van der Waals surface area contributed by atoms with E-state index in [1.54, 1.807) is 19.1 Å². The zero-order valence-electron chi connectivity index (χ0n) is 16.5. The molecule has 0 aliphatic carbocycles. The Kier molecular flexibility index (Phi) is 6.20. The van der Waals surface area contributed by atoms with E-state index < -0.39 is 39.6 Å². The van der Waals surface area contributed by atoms with Crippen LogP contribution in [0.15, 0.2) is 42.6 Å². The normalized spacial score (nSPS) is 13.2. The zero-order chi connectivity index (χ0) is 22.8. The average molecular weight is 456 g/mol. The molecule has 3 rings (SSSR count). The summed E-state index contributed by atoms with van der Waals surface area (Å²) in [4.78, 5) is 8.13. The number of aromatic nitrogens is 3. The van der Waals surface area contributed by atoms with Crippen molar-refractivity contribution in [2.24, 2.45) is 0 Å². The van der Waals surface area contributed by atoms with Crippen molar-refractivity contribution in [1.82, 2.24) is 9.97 Å². The Morgan fingerprint density at radius 3 is 2.39 bits per heavy atom. The zero-order valence-corrected chi connectivity index (χ0v) is 17.4. The number of alkyl halides is 3. The van der Waals surface area contributed by atoms with E-state index in [4.69, 9.17) is 4.74 Å². The Hall–Kier alpha value is -3.15. The van der Waals surface area contributed by atoms with Gasteiger partial charge in [-0.25, -0.2) is 18.4 Å². The minimum absolute atomic E-state index is 0.197. The number of anilines is 1. The molecule has 2 heterocycles. The molecule has 1 aromatic carbocycles. The van der Waals surface area contributed by atoms with Gasteiger partial charge in [-0.15, -0.1) is 0 Å². The minimum atomic E-state index is -4.92. The highest BCUT2D eigenvalue weighted by molar-refractivity contribution is 7.92. The summed E-state index contributed by atoms with van der Waals surface area (Å²) in [6.07, 6.45) is -6.46. The average Bonchev–Trinajstić information content (AvgIpc) is 2.67. The molecule has 0 fully saturated rings. The SMILES string of the molecule is CCCS(=O)(=O)Nc1nc2ccccc2nc1OC(c1ccc(C)[n+]([O-])c1)C(F)(F)F. The number of fused-ring (bicyclic) bond motifs is 1. The van der Waals surface area contributed by atoms with Crippen molar-refractivity contribution < 1.29 is 31.1 Å². The van der Waals surface area contributed by atoms with Gasteiger partial charge in [0, 0.05) is 13.0 Å². The van der Waals surface area contributed by atoms with Crippen molar-refractivity contribution in [3.05, 3.63) is 59.1 Å². The fourth-order valence-electron chi connectivity index (χ4n) is 2.76. The predicted molar refractivity (Wildman–Crippen MR) is 107 cm³/mol. The Balaban J connectivity index is 2.11. The summed E-state index contributed by atoms with van der Waals surface area (Å²) in [5, 5.41) is 11.8. The molecule has 1 unspecified atom stereocenters. The highest BCUT2D eigenvalue weighted by Gasteiger charge is 2.45. The van der Waals surface area contributed by atoms with Crippen molar-refractivity contribution in [1.29, 1.82) is 0 Å². The first kappa shape index (κ1) is 22.5. The molecule has 166 valence electrons. The predicted octanol–water partition coefficient (Wildman–Crippen LogP) is 3.41. The Morgan fingerprint density at radius 1 is 1.16 bits per heavy atom. The van der Waals surface area contributed by atoms with E-state index >= 15 is 0 Å². The molecule has 12 heteroatoms. The molecular weight excluding hydrogens is 437 g/mol.